The lowest BCUT2D eigenvalue weighted by Gasteiger charge is -2.42. The molecule has 0 aromatic carbocycles. The van der Waals surface area contributed by atoms with Crippen LogP contribution in [0, 0.1) is 0 Å². The van der Waals surface area contributed by atoms with E-state index in [0.29, 0.717) is 18.5 Å². The van der Waals surface area contributed by atoms with Crippen LogP contribution >= 0.6 is 11.3 Å². The molecular weight excluding hydrogens is 386 g/mol. The maximum atomic E-state index is 13.1. The predicted octanol–water partition coefficient (Wildman–Crippen LogP) is 2.05. The minimum atomic E-state index is -0.0606. The Labute approximate surface area is 175 Å². The Morgan fingerprint density at radius 2 is 2.03 bits per heavy atom. The number of carbonyl (C=O) groups is 1. The quantitative estimate of drug-likeness (QED) is 0.745. The normalized spacial score (nSPS) is 22.8. The van der Waals surface area contributed by atoms with Crippen LogP contribution in [-0.4, -0.2) is 74.8 Å². The third-order valence-corrected chi connectivity index (χ3v) is 7.19. The van der Waals surface area contributed by atoms with Gasteiger partial charge in [0.2, 0.25) is 5.91 Å². The summed E-state index contributed by atoms with van der Waals surface area (Å²) in [6.07, 6.45) is 6.33. The first-order valence-corrected chi connectivity index (χ1v) is 11.7. The van der Waals surface area contributed by atoms with E-state index in [-0.39, 0.29) is 11.6 Å². The molecule has 0 saturated carbocycles. The van der Waals surface area contributed by atoms with Crippen LogP contribution in [0.5, 0.6) is 0 Å². The number of nitrogens with zero attached hydrogens (tertiary/aromatic N) is 5. The zero-order chi connectivity index (χ0) is 20.4. The van der Waals surface area contributed by atoms with E-state index in [1.54, 1.807) is 16.7 Å². The molecule has 2 aliphatic heterocycles. The number of piperazine rings is 1. The molecule has 2 atom stereocenters. The number of likely N-dealkylation sites (tertiary alicyclic amines) is 1. The second-order valence-electron chi connectivity index (χ2n) is 8.22. The highest BCUT2D eigenvalue weighted by Crippen LogP contribution is 2.22. The van der Waals surface area contributed by atoms with E-state index < -0.39 is 0 Å². The van der Waals surface area contributed by atoms with E-state index in [1.165, 1.54) is 17.8 Å². The van der Waals surface area contributed by atoms with Crippen molar-refractivity contribution >= 4 is 22.2 Å². The molecule has 2 saturated heterocycles. The standard InChI is InChI=1S/C21H31N5O2S/c1-3-18-6-4-5-7-25(18)20(28)16(2)24-10-8-23(9-11-24)15-17-14-19(27)26-12-13-29-21(26)22-17/h12-14,16,18H,3-11,15H2,1-2H3. The van der Waals surface area contributed by atoms with E-state index in [1.807, 2.05) is 5.38 Å². The van der Waals surface area contributed by atoms with Gasteiger partial charge >= 0.3 is 0 Å². The molecule has 0 radical (unpaired) electrons. The monoisotopic (exact) mass is 417 g/mol. The lowest BCUT2D eigenvalue weighted by Crippen LogP contribution is -2.56. The number of aromatic nitrogens is 2. The SMILES string of the molecule is CCC1CCCCN1C(=O)C(C)N1CCN(Cc2cc(=O)n3ccsc3n2)CC1. The van der Waals surface area contributed by atoms with Gasteiger partial charge in [-0.15, -0.1) is 11.3 Å². The van der Waals surface area contributed by atoms with E-state index in [2.05, 4.69) is 33.5 Å². The van der Waals surface area contributed by atoms with Crippen molar-refractivity contribution in [3.63, 3.8) is 0 Å². The van der Waals surface area contributed by atoms with Gasteiger partial charge < -0.3 is 4.90 Å². The number of fused-ring (bicyclic) bond motifs is 1. The van der Waals surface area contributed by atoms with Crippen LogP contribution in [0.25, 0.3) is 4.96 Å². The zero-order valence-electron chi connectivity index (χ0n) is 17.4. The van der Waals surface area contributed by atoms with Crippen LogP contribution in [-0.2, 0) is 11.3 Å². The van der Waals surface area contributed by atoms with Gasteiger partial charge in [-0.2, -0.15) is 0 Å². The van der Waals surface area contributed by atoms with Gasteiger partial charge in [-0.25, -0.2) is 4.98 Å². The van der Waals surface area contributed by atoms with Gasteiger partial charge in [-0.3, -0.25) is 23.8 Å². The molecule has 8 heteroatoms. The number of hydrogen-bond acceptors (Lipinski definition) is 6. The smallest absolute Gasteiger partial charge is 0.258 e. The van der Waals surface area contributed by atoms with E-state index in [4.69, 9.17) is 0 Å². The first kappa shape index (κ1) is 20.5. The number of piperidine rings is 1. The van der Waals surface area contributed by atoms with Gasteiger partial charge in [0, 0.05) is 63.0 Å². The molecule has 2 aromatic rings. The summed E-state index contributed by atoms with van der Waals surface area (Å²) < 4.78 is 1.59. The Balaban J connectivity index is 1.33. The zero-order valence-corrected chi connectivity index (χ0v) is 18.2. The minimum Gasteiger partial charge on any atom is -0.338 e. The highest BCUT2D eigenvalue weighted by Gasteiger charge is 2.32. The Bertz CT molecular complexity index is 902. The van der Waals surface area contributed by atoms with Gasteiger partial charge in [0.1, 0.15) is 0 Å². The maximum Gasteiger partial charge on any atom is 0.258 e. The van der Waals surface area contributed by atoms with Crippen molar-refractivity contribution < 1.29 is 4.79 Å². The Kier molecular flexibility index (Phi) is 6.32. The van der Waals surface area contributed by atoms with E-state index in [0.717, 1.165) is 62.6 Å². The summed E-state index contributed by atoms with van der Waals surface area (Å²) in [5.74, 6) is 0.294. The second kappa shape index (κ2) is 8.93. The molecule has 4 rings (SSSR count). The summed E-state index contributed by atoms with van der Waals surface area (Å²) in [4.78, 5) is 37.4. The highest BCUT2D eigenvalue weighted by atomic mass is 32.1. The van der Waals surface area contributed by atoms with E-state index in [9.17, 15) is 9.59 Å². The van der Waals surface area contributed by atoms with Crippen LogP contribution < -0.4 is 5.56 Å². The molecule has 0 bridgehead atoms. The van der Waals surface area contributed by atoms with Gasteiger partial charge in [0.25, 0.3) is 5.56 Å². The van der Waals surface area contributed by atoms with Crippen molar-refractivity contribution in [2.75, 3.05) is 32.7 Å². The minimum absolute atomic E-state index is 0.0175. The van der Waals surface area contributed by atoms with Crippen LogP contribution in [0.2, 0.25) is 0 Å². The summed E-state index contributed by atoms with van der Waals surface area (Å²) in [5, 5.41) is 1.89. The molecule has 7 nitrogen and oxygen atoms in total. The summed E-state index contributed by atoms with van der Waals surface area (Å²) in [7, 11) is 0. The molecule has 2 aliphatic rings. The highest BCUT2D eigenvalue weighted by molar-refractivity contribution is 7.15. The van der Waals surface area contributed by atoms with Crippen molar-refractivity contribution in [2.24, 2.45) is 0 Å². The molecule has 0 N–H and O–H groups in total. The van der Waals surface area contributed by atoms with Gasteiger partial charge in [0.05, 0.1) is 11.7 Å². The molecule has 2 fully saturated rings. The van der Waals surface area contributed by atoms with Gasteiger partial charge in [-0.05, 0) is 32.6 Å². The van der Waals surface area contributed by atoms with Crippen molar-refractivity contribution in [3.05, 3.63) is 33.7 Å². The van der Waals surface area contributed by atoms with E-state index >= 15 is 0 Å². The lowest BCUT2D eigenvalue weighted by molar-refractivity contribution is -0.141. The summed E-state index contributed by atoms with van der Waals surface area (Å²) in [6.45, 7) is 9.37. The molecule has 4 heterocycles. The van der Waals surface area contributed by atoms with Crippen LogP contribution in [0.4, 0.5) is 0 Å². The number of carbonyl (C=O) groups excluding carboxylic acids is 1. The molecule has 2 unspecified atom stereocenters. The van der Waals surface area contributed by atoms with Gasteiger partial charge in [-0.1, -0.05) is 6.92 Å². The second-order valence-corrected chi connectivity index (χ2v) is 9.09. The lowest BCUT2D eigenvalue weighted by atomic mass is 9.99. The summed E-state index contributed by atoms with van der Waals surface area (Å²) in [6, 6.07) is 1.99. The first-order valence-electron chi connectivity index (χ1n) is 10.8. The first-order chi connectivity index (χ1) is 14.1. The maximum absolute atomic E-state index is 13.1. The predicted molar refractivity (Wildman–Crippen MR) is 115 cm³/mol. The fourth-order valence-corrected chi connectivity index (χ4v) is 5.36. The molecule has 0 aliphatic carbocycles. The Morgan fingerprint density at radius 1 is 1.24 bits per heavy atom. The molecule has 158 valence electrons. The fraction of sp³-hybridized carbons (Fsp3) is 0.667. The average molecular weight is 418 g/mol. The van der Waals surface area contributed by atoms with Crippen molar-refractivity contribution in [2.45, 2.75) is 58.2 Å². The third kappa shape index (κ3) is 4.39. The van der Waals surface area contributed by atoms with Crippen molar-refractivity contribution in [3.8, 4) is 0 Å². The van der Waals surface area contributed by atoms with Crippen molar-refractivity contribution in [1.29, 1.82) is 0 Å². The number of hydrogen-bond donors (Lipinski definition) is 0. The van der Waals surface area contributed by atoms with Crippen LogP contribution in [0.1, 0.15) is 45.2 Å². The molecule has 1 amide bonds. The van der Waals surface area contributed by atoms with Gasteiger partial charge in [0.15, 0.2) is 4.96 Å². The third-order valence-electron chi connectivity index (χ3n) is 6.44. The Morgan fingerprint density at radius 3 is 2.79 bits per heavy atom. The molecule has 0 spiro atoms. The Hall–Kier alpha value is -1.77. The summed E-state index contributed by atoms with van der Waals surface area (Å²) >= 11 is 1.48. The molecule has 29 heavy (non-hydrogen) atoms. The largest absolute Gasteiger partial charge is 0.338 e. The topological polar surface area (TPSA) is 61.2 Å². The van der Waals surface area contributed by atoms with Crippen LogP contribution in [0.15, 0.2) is 22.4 Å². The van der Waals surface area contributed by atoms with Crippen molar-refractivity contribution in [1.82, 2.24) is 24.1 Å². The van der Waals surface area contributed by atoms with Crippen LogP contribution in [0.3, 0.4) is 0 Å². The summed E-state index contributed by atoms with van der Waals surface area (Å²) in [5.41, 5.74) is 0.810. The number of rotatable bonds is 5. The number of thiazole rings is 1. The number of amides is 1. The average Bonchev–Trinajstić information content (AvgIpc) is 3.22. The fourth-order valence-electron chi connectivity index (χ4n) is 4.62. The molecule has 2 aromatic heterocycles. The molecular formula is C21H31N5O2S.